The third-order valence-electron chi connectivity index (χ3n) is 10.6. The van der Waals surface area contributed by atoms with Crippen LogP contribution in [0.25, 0.3) is 6.08 Å². The second-order valence-electron chi connectivity index (χ2n) is 13.7. The number of aromatic hydroxyl groups is 1. The average Bonchev–Trinajstić information content (AvgIpc) is 3.70. The Labute approximate surface area is 250 Å². The van der Waals surface area contributed by atoms with Crippen molar-refractivity contribution in [1.29, 1.82) is 0 Å². The fourth-order valence-corrected chi connectivity index (χ4v) is 8.60. The summed E-state index contributed by atoms with van der Waals surface area (Å²) in [5, 5.41) is 23.7. The summed E-state index contributed by atoms with van der Waals surface area (Å²) in [7, 11) is 0. The quantitative estimate of drug-likeness (QED) is 0.411. The highest BCUT2D eigenvalue weighted by molar-refractivity contribution is 5.92. The Kier molecular flexibility index (Phi) is 6.67. The lowest BCUT2D eigenvalue weighted by molar-refractivity contribution is -0.201. The molecule has 5 atom stereocenters. The molecule has 0 radical (unpaired) electrons. The average molecular weight is 597 g/mol. The minimum absolute atomic E-state index is 0.0503. The van der Waals surface area contributed by atoms with Gasteiger partial charge in [-0.05, 0) is 92.3 Å². The monoisotopic (exact) mass is 596 g/mol. The molecule has 2 saturated carbocycles. The number of ether oxygens (including phenoxy) is 1. The van der Waals surface area contributed by atoms with E-state index >= 15 is 0 Å². The van der Waals surface area contributed by atoms with Crippen LogP contribution in [0.1, 0.15) is 68.2 Å². The van der Waals surface area contributed by atoms with Crippen molar-refractivity contribution < 1.29 is 32.9 Å². The number of halogens is 3. The molecule has 0 aromatic heterocycles. The highest BCUT2D eigenvalue weighted by Gasteiger charge is 2.73. The number of piperidine rings is 1. The standard InChI is InChI=1S/C34H39F3N2O4/c1-20(2)18-39(28(41)12-7-21-5-9-24(10-6-21)34(35,36)37)25-13-14-33(42)27-17-23-8-11-26(40)30-29(23)32(33,31(25)43-30)15-16-38(27)19-22-3-4-22/h5-12,20,22,25,27,31,40,42H,3-4,13-19H2,1-2H3/t25-,27+,31-,32-,33+/m0/s1. The Bertz CT molecular complexity index is 1450. The number of amides is 1. The predicted molar refractivity (Wildman–Crippen MR) is 156 cm³/mol. The molecule has 1 amide bonds. The third-order valence-corrected chi connectivity index (χ3v) is 10.6. The van der Waals surface area contributed by atoms with Crippen LogP contribution in [0.4, 0.5) is 13.2 Å². The molecule has 230 valence electrons. The minimum Gasteiger partial charge on any atom is -0.504 e. The molecule has 43 heavy (non-hydrogen) atoms. The molecule has 3 fully saturated rings. The van der Waals surface area contributed by atoms with E-state index in [0.29, 0.717) is 49.5 Å². The largest absolute Gasteiger partial charge is 0.504 e. The number of hydrogen-bond acceptors (Lipinski definition) is 5. The van der Waals surface area contributed by atoms with Crippen molar-refractivity contribution in [3.63, 3.8) is 0 Å². The summed E-state index contributed by atoms with van der Waals surface area (Å²) < 4.78 is 45.8. The van der Waals surface area contributed by atoms with E-state index in [1.807, 2.05) is 24.8 Å². The molecular formula is C34H39F3N2O4. The van der Waals surface area contributed by atoms with Crippen LogP contribution in [0.2, 0.25) is 0 Å². The fourth-order valence-electron chi connectivity index (χ4n) is 8.60. The van der Waals surface area contributed by atoms with Gasteiger partial charge >= 0.3 is 6.18 Å². The van der Waals surface area contributed by atoms with E-state index in [1.54, 1.807) is 12.1 Å². The molecule has 2 bridgehead atoms. The number of nitrogens with zero attached hydrogens (tertiary/aromatic N) is 2. The molecule has 2 aromatic rings. The summed E-state index contributed by atoms with van der Waals surface area (Å²) >= 11 is 0. The Hall–Kier alpha value is -3.04. The number of aliphatic hydroxyl groups is 1. The minimum atomic E-state index is -4.42. The predicted octanol–water partition coefficient (Wildman–Crippen LogP) is 5.54. The molecule has 1 saturated heterocycles. The van der Waals surface area contributed by atoms with Gasteiger partial charge in [0.25, 0.3) is 0 Å². The van der Waals surface area contributed by atoms with Gasteiger partial charge < -0.3 is 19.8 Å². The van der Waals surface area contributed by atoms with Gasteiger partial charge in [0.15, 0.2) is 11.5 Å². The van der Waals surface area contributed by atoms with Gasteiger partial charge in [0.2, 0.25) is 5.91 Å². The van der Waals surface area contributed by atoms with Crippen LogP contribution >= 0.6 is 0 Å². The molecular weight excluding hydrogens is 557 g/mol. The van der Waals surface area contributed by atoms with E-state index in [1.165, 1.54) is 31.1 Å². The van der Waals surface area contributed by atoms with E-state index in [4.69, 9.17) is 4.74 Å². The number of benzene rings is 2. The van der Waals surface area contributed by atoms with Crippen LogP contribution in [-0.4, -0.2) is 69.3 Å². The van der Waals surface area contributed by atoms with Gasteiger partial charge in [-0.15, -0.1) is 0 Å². The van der Waals surface area contributed by atoms with Crippen molar-refractivity contribution in [1.82, 2.24) is 9.80 Å². The first-order valence-electron chi connectivity index (χ1n) is 15.6. The highest BCUT2D eigenvalue weighted by Crippen LogP contribution is 2.66. The molecule has 2 heterocycles. The maximum absolute atomic E-state index is 13.9. The second kappa shape index (κ2) is 9.99. The lowest BCUT2D eigenvalue weighted by Gasteiger charge is -2.65. The number of rotatable bonds is 7. The van der Waals surface area contributed by atoms with Crippen LogP contribution in [-0.2, 0) is 22.8 Å². The van der Waals surface area contributed by atoms with Crippen molar-refractivity contribution in [3.8, 4) is 11.5 Å². The Morgan fingerprint density at radius 3 is 2.56 bits per heavy atom. The van der Waals surface area contributed by atoms with E-state index < -0.39 is 28.9 Å². The Morgan fingerprint density at radius 2 is 1.88 bits per heavy atom. The van der Waals surface area contributed by atoms with Crippen molar-refractivity contribution in [2.24, 2.45) is 11.8 Å². The number of alkyl halides is 3. The van der Waals surface area contributed by atoms with Crippen molar-refractivity contribution in [3.05, 3.63) is 64.7 Å². The Balaban J connectivity index is 1.23. The zero-order valence-electron chi connectivity index (χ0n) is 24.6. The lowest BCUT2D eigenvalue weighted by atomic mass is 9.48. The number of carbonyl (C=O) groups is 1. The number of hydrogen-bond donors (Lipinski definition) is 2. The fraction of sp³-hybridized carbons (Fsp3) is 0.559. The zero-order valence-corrected chi connectivity index (χ0v) is 24.6. The zero-order chi connectivity index (χ0) is 30.3. The summed E-state index contributed by atoms with van der Waals surface area (Å²) in [4.78, 5) is 18.2. The summed E-state index contributed by atoms with van der Waals surface area (Å²) in [5.74, 6) is 1.10. The molecule has 7 rings (SSSR count). The number of carbonyl (C=O) groups excluding carboxylic acids is 1. The van der Waals surface area contributed by atoms with Gasteiger partial charge in [-0.3, -0.25) is 9.69 Å². The number of likely N-dealkylation sites (tertiary alicyclic amines) is 1. The number of phenols is 1. The first-order chi connectivity index (χ1) is 20.4. The normalized spacial score (nSPS) is 31.3. The third kappa shape index (κ3) is 4.48. The molecule has 0 unspecified atom stereocenters. The first-order valence-corrected chi connectivity index (χ1v) is 15.6. The maximum atomic E-state index is 13.9. The summed E-state index contributed by atoms with van der Waals surface area (Å²) in [6.45, 7) is 6.36. The summed E-state index contributed by atoms with van der Waals surface area (Å²) in [6.07, 6.45) is 2.96. The summed E-state index contributed by atoms with van der Waals surface area (Å²) in [6, 6.07) is 8.01. The van der Waals surface area contributed by atoms with E-state index in [9.17, 15) is 28.2 Å². The van der Waals surface area contributed by atoms with Crippen LogP contribution in [0.3, 0.4) is 0 Å². The van der Waals surface area contributed by atoms with Crippen molar-refractivity contribution in [2.45, 2.75) is 87.8 Å². The molecule has 2 aromatic carbocycles. The number of phenolic OH excluding ortho intramolecular Hbond substituents is 1. The molecule has 6 nitrogen and oxygen atoms in total. The molecule has 2 N–H and O–H groups in total. The molecule has 3 aliphatic carbocycles. The maximum Gasteiger partial charge on any atom is 0.416 e. The first kappa shape index (κ1) is 28.7. The van der Waals surface area contributed by atoms with Crippen LogP contribution in [0.5, 0.6) is 11.5 Å². The van der Waals surface area contributed by atoms with Crippen molar-refractivity contribution >= 4 is 12.0 Å². The van der Waals surface area contributed by atoms with Crippen molar-refractivity contribution in [2.75, 3.05) is 19.6 Å². The molecule has 5 aliphatic rings. The highest BCUT2D eigenvalue weighted by atomic mass is 19.4. The van der Waals surface area contributed by atoms with E-state index in [0.717, 1.165) is 36.3 Å². The smallest absolute Gasteiger partial charge is 0.416 e. The topological polar surface area (TPSA) is 73.2 Å². The van der Waals surface area contributed by atoms with Crippen LogP contribution < -0.4 is 4.74 Å². The Morgan fingerprint density at radius 1 is 1.14 bits per heavy atom. The van der Waals surface area contributed by atoms with Crippen LogP contribution in [0.15, 0.2) is 42.5 Å². The molecule has 1 spiro atoms. The second-order valence-corrected chi connectivity index (χ2v) is 13.7. The van der Waals surface area contributed by atoms with Gasteiger partial charge in [0, 0.05) is 30.8 Å². The van der Waals surface area contributed by atoms with Gasteiger partial charge in [-0.1, -0.05) is 32.0 Å². The lowest BCUT2D eigenvalue weighted by Crippen LogP contribution is -2.78. The van der Waals surface area contributed by atoms with Gasteiger partial charge in [-0.25, -0.2) is 0 Å². The van der Waals surface area contributed by atoms with E-state index in [-0.39, 0.29) is 29.7 Å². The van der Waals surface area contributed by atoms with Gasteiger partial charge in [-0.2, -0.15) is 13.2 Å². The van der Waals surface area contributed by atoms with Crippen LogP contribution in [0, 0.1) is 11.8 Å². The SMILES string of the molecule is CC(C)CN(C(=O)C=Cc1ccc(C(F)(F)F)cc1)[C@H]1CC[C@@]2(O)[C@H]3Cc4ccc(O)c5c4[C@@]2(CCN3CC2CC2)[C@H]1O5. The van der Waals surface area contributed by atoms with E-state index in [2.05, 4.69) is 4.90 Å². The molecule has 9 heteroatoms. The summed E-state index contributed by atoms with van der Waals surface area (Å²) in [5.41, 5.74) is 0.00479. The van der Waals surface area contributed by atoms with Gasteiger partial charge in [0.1, 0.15) is 6.10 Å². The van der Waals surface area contributed by atoms with Gasteiger partial charge in [0.05, 0.1) is 22.6 Å². The molecule has 2 aliphatic heterocycles.